The first-order valence-corrected chi connectivity index (χ1v) is 33.7. The highest BCUT2D eigenvalue weighted by Gasteiger charge is 2.44. The van der Waals surface area contributed by atoms with Gasteiger partial charge in [-0.05, 0) is 81.2 Å². The number of carbonyl (C=O) groups is 1. The molecule has 6 aliphatic heterocycles. The van der Waals surface area contributed by atoms with E-state index in [1.165, 1.54) is 35.3 Å². The number of aryl methyl sites for hydroxylation is 2. The number of amides is 1. The highest BCUT2D eigenvalue weighted by Crippen LogP contribution is 2.66. The van der Waals surface area contributed by atoms with Crippen LogP contribution in [0.3, 0.4) is 0 Å². The molecule has 1 fully saturated rings. The first-order valence-electron chi connectivity index (χ1n) is 26.2. The van der Waals surface area contributed by atoms with Gasteiger partial charge in [-0.2, -0.15) is 17.0 Å². The number of fused-ring (bicyclic) bond motifs is 4. The molecular weight excluding hydrogens is 1170 g/mol. The smallest absolute Gasteiger partial charge is 0.455 e. The van der Waals surface area contributed by atoms with E-state index in [1.54, 1.807) is 0 Å². The number of carbonyl (C=O) groups excluding carboxylic acids is 1. The third kappa shape index (κ3) is 13.0. The number of hydrogen-bond acceptors (Lipinski definition) is 17. The van der Waals surface area contributed by atoms with Gasteiger partial charge in [-0.25, -0.2) is 36.2 Å². The first kappa shape index (κ1) is 59.1. The maximum atomic E-state index is 14.6. The molecule has 81 heavy (non-hydrogen) atoms. The topological polar surface area (TPSA) is 389 Å². The Morgan fingerprint density at radius 3 is 2.35 bits per heavy atom. The van der Waals surface area contributed by atoms with Gasteiger partial charge in [0.05, 0.1) is 33.6 Å². The fourth-order valence-electron chi connectivity index (χ4n) is 11.6. The van der Waals surface area contributed by atoms with Crippen LogP contribution in [0.2, 0.25) is 0 Å². The van der Waals surface area contributed by atoms with Crippen molar-refractivity contribution >= 4 is 66.9 Å². The van der Waals surface area contributed by atoms with Gasteiger partial charge >= 0.3 is 29.2 Å². The highest BCUT2D eigenvalue weighted by atomic mass is 32.2. The Hall–Kier alpha value is -5.03. The van der Waals surface area contributed by atoms with Gasteiger partial charge in [-0.3, -0.25) is 28.2 Å². The second-order valence-electron chi connectivity index (χ2n) is 20.5. The molecule has 1 aromatic heterocycles. The Morgan fingerprint density at radius 2 is 1.59 bits per heavy atom. The summed E-state index contributed by atoms with van der Waals surface area (Å²) >= 11 is 0. The van der Waals surface area contributed by atoms with Crippen molar-refractivity contribution in [2.24, 2.45) is 0 Å². The number of phosphoric acid groups is 3. The van der Waals surface area contributed by atoms with Crippen LogP contribution < -0.4 is 46.1 Å². The van der Waals surface area contributed by atoms with Crippen LogP contribution in [0, 0.1) is 0 Å². The number of aromatic amines is 1. The number of sulfonamides is 1. The van der Waals surface area contributed by atoms with E-state index < -0.39 is 84.8 Å². The SMILES string of the molecule is O=C(CCCCCNS(=O)(=O)c1cc(S(=O)(=O)O)ccc1C1=c2cc3c4c(c2Oc2c1cc1c5c2CCCN5CCC1)CCC[N+]=4CCC3)NC/C=C/c1cn([C@H]2C[C@H](O)[C@@H](COP(=O)(O)OP(=O)(O)OP(=O)(O)O)O2)c(=O)[nH]c1=O. The first-order chi connectivity index (χ1) is 38.3. The number of aliphatic hydroxyl groups excluding tert-OH is 1. The Balaban J connectivity index is 0.786. The summed E-state index contributed by atoms with van der Waals surface area (Å²) in [6, 6.07) is 7.91. The van der Waals surface area contributed by atoms with Crippen LogP contribution in [-0.2, 0) is 82.2 Å². The van der Waals surface area contributed by atoms with E-state index in [4.69, 9.17) is 19.3 Å². The monoisotopic (exact) mass is 1230 g/mol. The molecule has 3 aromatic carbocycles. The fourth-order valence-corrected chi connectivity index (χ4v) is 16.5. The van der Waals surface area contributed by atoms with E-state index in [2.05, 4.69) is 49.8 Å². The van der Waals surface area contributed by atoms with Crippen molar-refractivity contribution in [3.05, 3.63) is 113 Å². The Morgan fingerprint density at radius 1 is 0.864 bits per heavy atom. The number of benzene rings is 3. The third-order valence-electron chi connectivity index (χ3n) is 14.9. The van der Waals surface area contributed by atoms with Crippen molar-refractivity contribution in [1.29, 1.82) is 0 Å². The van der Waals surface area contributed by atoms with E-state index in [1.807, 2.05) is 0 Å². The standard InChI is InChI=1S/C49H59N6O21P3S2/c56-38-26-42(73-39(38)28-72-78(63,64)76-79(65,66)75-77(60,61)62)55-27-31(48(58)52-49(55)59)9-4-17-50-41(57)14-2-1-3-18-51-80(67,68)40-25-32(81(69,70)71)15-16-33(40)43-36-23-29-10-5-19-53-21-7-12-34(44(29)53)46(36)74-47-35-13-8-22-54-20-6-11-30(45(35)54)24-37(43)47/h4,9,15-16,23-25,27,38-39,42,51,56H,1-3,5-8,10-14,17-22,26,28H2,(H6-,50,52,57,58,59,60,61,62,63,64,65,66,69,70,71)/p+1/b9-4+/t38-,39+,42+/m0/s1. The van der Waals surface area contributed by atoms with Crippen LogP contribution in [0.1, 0.15) is 103 Å². The summed E-state index contributed by atoms with van der Waals surface area (Å²) in [5.41, 5.74) is 5.36. The van der Waals surface area contributed by atoms with Crippen LogP contribution >= 0.6 is 23.5 Å². The molecule has 6 aliphatic rings. The number of unbranched alkanes of at least 4 members (excludes halogenated alkanes) is 2. The summed E-state index contributed by atoms with van der Waals surface area (Å²) in [6.07, 6.45) is 7.33. The van der Waals surface area contributed by atoms with Crippen LogP contribution in [0.15, 0.2) is 62.0 Å². The molecule has 27 nitrogen and oxygen atoms in total. The van der Waals surface area contributed by atoms with E-state index in [9.17, 15) is 64.4 Å². The lowest BCUT2D eigenvalue weighted by atomic mass is 9.82. The predicted octanol–water partition coefficient (Wildman–Crippen LogP) is 1.88. The average molecular weight is 1230 g/mol. The lowest BCUT2D eigenvalue weighted by Crippen LogP contribution is -2.45. The number of rotatable bonds is 21. The number of aromatic nitrogens is 2. The van der Waals surface area contributed by atoms with Crippen molar-refractivity contribution < 1.29 is 87.2 Å². The molecule has 7 heterocycles. The number of phosphoric ester groups is 1. The molecule has 10 rings (SSSR count). The Kier molecular flexibility index (Phi) is 16.9. The Bertz CT molecular complexity index is 3900. The van der Waals surface area contributed by atoms with Gasteiger partial charge in [0.25, 0.3) is 15.7 Å². The Labute approximate surface area is 463 Å². The van der Waals surface area contributed by atoms with Crippen molar-refractivity contribution in [1.82, 2.24) is 24.2 Å². The highest BCUT2D eigenvalue weighted by molar-refractivity contribution is 7.89. The normalized spacial score (nSPS) is 21.1. The van der Waals surface area contributed by atoms with Crippen LogP contribution in [0.5, 0.6) is 11.5 Å². The van der Waals surface area contributed by atoms with Crippen molar-refractivity contribution in [2.45, 2.75) is 112 Å². The zero-order chi connectivity index (χ0) is 57.8. The van der Waals surface area contributed by atoms with Gasteiger partial charge in [0.15, 0.2) is 0 Å². The summed E-state index contributed by atoms with van der Waals surface area (Å²) < 4.78 is 130. The van der Waals surface area contributed by atoms with Gasteiger partial charge in [0.2, 0.25) is 21.3 Å². The minimum absolute atomic E-state index is 0.0449. The quantitative estimate of drug-likeness (QED) is 0.0219. The fraction of sp³-hybridized carbons (Fsp3) is 0.469. The molecule has 9 N–H and O–H groups in total. The molecule has 0 saturated carbocycles. The summed E-state index contributed by atoms with van der Waals surface area (Å²) in [5, 5.41) is 15.1. The van der Waals surface area contributed by atoms with Gasteiger partial charge in [0.1, 0.15) is 36.9 Å². The largest absolute Gasteiger partial charge is 0.490 e. The lowest BCUT2D eigenvalue weighted by Gasteiger charge is -2.39. The maximum absolute atomic E-state index is 14.6. The van der Waals surface area contributed by atoms with Gasteiger partial charge in [-0.15, -0.1) is 0 Å². The number of ether oxygens (including phenoxy) is 2. The summed E-state index contributed by atoms with van der Waals surface area (Å²) in [4.78, 5) is 78.3. The lowest BCUT2D eigenvalue weighted by molar-refractivity contribution is -0.121. The minimum Gasteiger partial charge on any atom is -0.455 e. The van der Waals surface area contributed by atoms with E-state index in [0.29, 0.717) is 36.3 Å². The molecule has 1 amide bonds. The molecule has 438 valence electrons. The molecule has 32 heteroatoms. The van der Waals surface area contributed by atoms with Crippen molar-refractivity contribution in [3.8, 4) is 11.5 Å². The molecule has 5 atom stereocenters. The second-order valence-corrected chi connectivity index (χ2v) is 28.0. The van der Waals surface area contributed by atoms with Gasteiger partial charge in [-0.1, -0.05) is 24.6 Å². The molecule has 2 unspecified atom stereocenters. The molecule has 0 bridgehead atoms. The predicted molar refractivity (Wildman–Crippen MR) is 288 cm³/mol. The average Bonchev–Trinajstić information content (AvgIpc) is 3.84. The number of anilines is 1. The van der Waals surface area contributed by atoms with E-state index in [-0.39, 0.29) is 47.9 Å². The minimum atomic E-state index is -5.81. The molecular formula is C49H60N6O21P3S2+. The van der Waals surface area contributed by atoms with Gasteiger partial charge in [0, 0.05) is 96.8 Å². The number of H-pyrrole nitrogens is 1. The molecule has 1 saturated heterocycles. The van der Waals surface area contributed by atoms with Crippen LogP contribution in [-0.4, -0.2) is 120 Å². The molecule has 0 aliphatic carbocycles. The summed E-state index contributed by atoms with van der Waals surface area (Å²) in [5.74, 6) is 0.990. The molecule has 0 spiro atoms. The van der Waals surface area contributed by atoms with Crippen LogP contribution in [0.4, 0.5) is 5.69 Å². The van der Waals surface area contributed by atoms with E-state index in [0.717, 1.165) is 127 Å². The number of aliphatic hydroxyl groups is 1. The zero-order valence-electron chi connectivity index (χ0n) is 43.3. The second kappa shape index (κ2) is 23.2. The summed E-state index contributed by atoms with van der Waals surface area (Å²) in [6.45, 7) is 2.59. The molecule has 4 aromatic rings. The summed E-state index contributed by atoms with van der Waals surface area (Å²) in [7, 11) is -26.3. The van der Waals surface area contributed by atoms with E-state index >= 15 is 0 Å². The number of hydrogen-bond donors (Lipinski definition) is 9. The van der Waals surface area contributed by atoms with Crippen molar-refractivity contribution in [2.75, 3.05) is 50.8 Å². The number of nitrogens with one attached hydrogen (secondary N) is 3. The van der Waals surface area contributed by atoms with Gasteiger partial charge < -0.3 is 44.4 Å². The van der Waals surface area contributed by atoms with Crippen LogP contribution in [0.25, 0.3) is 11.6 Å². The molecule has 0 radical (unpaired) electrons. The zero-order valence-corrected chi connectivity index (χ0v) is 47.6. The number of nitrogens with zero attached hydrogens (tertiary/aromatic N) is 3. The van der Waals surface area contributed by atoms with Crippen molar-refractivity contribution in [3.63, 3.8) is 0 Å². The third-order valence-corrected chi connectivity index (χ3v) is 21.1. The maximum Gasteiger partial charge on any atom is 0.490 e.